The lowest BCUT2D eigenvalue weighted by atomic mass is 10.2. The standard InChI is InChI=1S/C12H10BrN2O2S/c1-9-2-4-12(5-3-9)18(16,17)15-11-6-10(13)7-14-8-11/h2-8H,1H3/q-1. The second kappa shape index (κ2) is 5.07. The minimum Gasteiger partial charge on any atom is -0.571 e. The highest BCUT2D eigenvalue weighted by atomic mass is 79.9. The normalized spacial score (nSPS) is 11.2. The van der Waals surface area contributed by atoms with Crippen LogP contribution in [-0.4, -0.2) is 13.4 Å². The second-order valence-corrected chi connectivity index (χ2v) is 6.26. The third kappa shape index (κ3) is 3.08. The van der Waals surface area contributed by atoms with Crippen molar-refractivity contribution in [3.8, 4) is 0 Å². The van der Waals surface area contributed by atoms with E-state index in [1.165, 1.54) is 6.20 Å². The lowest BCUT2D eigenvalue weighted by molar-refractivity contribution is 0.603. The minimum atomic E-state index is -3.68. The quantitative estimate of drug-likeness (QED) is 0.866. The summed E-state index contributed by atoms with van der Waals surface area (Å²) in [6, 6.07) is 8.15. The van der Waals surface area contributed by atoms with E-state index in [2.05, 4.69) is 25.6 Å². The predicted molar refractivity (Wildman–Crippen MR) is 73.3 cm³/mol. The number of aromatic nitrogens is 1. The molecular weight excluding hydrogens is 316 g/mol. The van der Waals surface area contributed by atoms with Crippen molar-refractivity contribution in [2.24, 2.45) is 0 Å². The van der Waals surface area contributed by atoms with Crippen LogP contribution in [0, 0.1) is 6.92 Å². The molecule has 18 heavy (non-hydrogen) atoms. The van der Waals surface area contributed by atoms with Gasteiger partial charge < -0.3 is 4.72 Å². The molecule has 0 aliphatic carbocycles. The van der Waals surface area contributed by atoms with Crippen LogP contribution in [0.25, 0.3) is 4.72 Å². The molecule has 2 aromatic rings. The number of hydrogen-bond donors (Lipinski definition) is 0. The van der Waals surface area contributed by atoms with Gasteiger partial charge in [0.2, 0.25) is 0 Å². The largest absolute Gasteiger partial charge is 0.571 e. The molecule has 0 N–H and O–H groups in total. The molecule has 0 bridgehead atoms. The van der Waals surface area contributed by atoms with Gasteiger partial charge in [0.1, 0.15) is 10.0 Å². The first kappa shape index (κ1) is 13.0. The summed E-state index contributed by atoms with van der Waals surface area (Å²) >= 11 is 3.22. The summed E-state index contributed by atoms with van der Waals surface area (Å²) in [5, 5.41) is 0. The van der Waals surface area contributed by atoms with E-state index in [1.54, 1.807) is 36.5 Å². The molecule has 0 spiro atoms. The molecule has 0 fully saturated rings. The molecule has 1 aromatic heterocycles. The minimum absolute atomic E-state index is 0.174. The number of benzene rings is 1. The molecule has 0 aliphatic heterocycles. The third-order valence-electron chi connectivity index (χ3n) is 2.23. The van der Waals surface area contributed by atoms with Gasteiger partial charge in [0.05, 0.1) is 4.90 Å². The molecule has 0 unspecified atom stereocenters. The first-order valence-corrected chi connectivity index (χ1v) is 7.36. The summed E-state index contributed by atoms with van der Waals surface area (Å²) in [4.78, 5) is 4.05. The van der Waals surface area contributed by atoms with Crippen LogP contribution in [0.3, 0.4) is 0 Å². The molecule has 0 amide bonds. The van der Waals surface area contributed by atoms with E-state index >= 15 is 0 Å². The van der Waals surface area contributed by atoms with Crippen molar-refractivity contribution in [1.29, 1.82) is 0 Å². The average Bonchev–Trinajstić information content (AvgIpc) is 2.29. The molecule has 94 valence electrons. The monoisotopic (exact) mass is 325 g/mol. The molecule has 6 heteroatoms. The van der Waals surface area contributed by atoms with Crippen LogP contribution in [0.15, 0.2) is 52.1 Å². The molecule has 0 aliphatic rings. The summed E-state index contributed by atoms with van der Waals surface area (Å²) in [6.45, 7) is 1.89. The Hall–Kier alpha value is -1.40. The highest BCUT2D eigenvalue weighted by Crippen LogP contribution is 2.28. The van der Waals surface area contributed by atoms with Gasteiger partial charge in [0.25, 0.3) is 0 Å². The van der Waals surface area contributed by atoms with E-state index in [0.29, 0.717) is 10.2 Å². The van der Waals surface area contributed by atoms with Crippen molar-refractivity contribution in [2.75, 3.05) is 0 Å². The Kier molecular flexibility index (Phi) is 3.68. The Labute approximate surface area is 114 Å². The Morgan fingerprint density at radius 2 is 1.83 bits per heavy atom. The van der Waals surface area contributed by atoms with Crippen molar-refractivity contribution in [3.05, 3.63) is 57.5 Å². The van der Waals surface area contributed by atoms with E-state index < -0.39 is 10.0 Å². The van der Waals surface area contributed by atoms with Crippen molar-refractivity contribution < 1.29 is 8.42 Å². The molecular formula is C12H10BrN2O2S-. The van der Waals surface area contributed by atoms with Crippen LogP contribution < -0.4 is 0 Å². The first-order valence-electron chi connectivity index (χ1n) is 5.13. The lowest BCUT2D eigenvalue weighted by Gasteiger charge is -2.21. The Morgan fingerprint density at radius 1 is 1.17 bits per heavy atom. The highest BCUT2D eigenvalue weighted by molar-refractivity contribution is 9.10. The summed E-state index contributed by atoms with van der Waals surface area (Å²) < 4.78 is 28.4. The first-order chi connectivity index (χ1) is 8.47. The van der Waals surface area contributed by atoms with E-state index in [4.69, 9.17) is 0 Å². The van der Waals surface area contributed by atoms with Gasteiger partial charge in [-0.2, -0.15) is 0 Å². The van der Waals surface area contributed by atoms with Crippen LogP contribution >= 0.6 is 15.9 Å². The van der Waals surface area contributed by atoms with Gasteiger partial charge in [0.15, 0.2) is 0 Å². The fourth-order valence-corrected chi connectivity index (χ4v) is 2.67. The number of aryl methyl sites for hydroxylation is 1. The SMILES string of the molecule is Cc1ccc(S(=O)(=O)[N-]c2cncc(Br)c2)cc1. The summed E-state index contributed by atoms with van der Waals surface area (Å²) in [7, 11) is -3.68. The van der Waals surface area contributed by atoms with Gasteiger partial charge in [0, 0.05) is 16.9 Å². The van der Waals surface area contributed by atoms with Crippen molar-refractivity contribution in [2.45, 2.75) is 11.8 Å². The molecule has 0 saturated heterocycles. The zero-order valence-corrected chi connectivity index (χ0v) is 11.9. The van der Waals surface area contributed by atoms with E-state index in [0.717, 1.165) is 5.56 Å². The van der Waals surface area contributed by atoms with Crippen LogP contribution in [0.1, 0.15) is 5.56 Å². The molecule has 0 atom stereocenters. The second-order valence-electron chi connectivity index (χ2n) is 3.74. The number of pyridine rings is 1. The molecule has 1 heterocycles. The maximum absolute atomic E-state index is 12.0. The van der Waals surface area contributed by atoms with Crippen LogP contribution in [0.2, 0.25) is 0 Å². The van der Waals surface area contributed by atoms with Crippen molar-refractivity contribution in [1.82, 2.24) is 4.98 Å². The molecule has 0 radical (unpaired) electrons. The molecule has 2 rings (SSSR count). The number of nitrogens with zero attached hydrogens (tertiary/aromatic N) is 2. The van der Waals surface area contributed by atoms with Crippen molar-refractivity contribution >= 4 is 31.6 Å². The molecule has 4 nitrogen and oxygen atoms in total. The zero-order chi connectivity index (χ0) is 13.2. The number of halogens is 1. The fourth-order valence-electron chi connectivity index (χ4n) is 1.35. The average molecular weight is 326 g/mol. The maximum Gasteiger partial charge on any atom is 0.123 e. The molecule has 0 saturated carbocycles. The van der Waals surface area contributed by atoms with Gasteiger partial charge in [-0.1, -0.05) is 23.8 Å². The Morgan fingerprint density at radius 3 is 2.44 bits per heavy atom. The van der Waals surface area contributed by atoms with E-state index in [1.807, 2.05) is 6.92 Å². The maximum atomic E-state index is 12.0. The number of hydrogen-bond acceptors (Lipinski definition) is 3. The summed E-state index contributed by atoms with van der Waals surface area (Å²) in [5.74, 6) is 0. The number of rotatable bonds is 3. The van der Waals surface area contributed by atoms with Crippen LogP contribution in [0.5, 0.6) is 0 Å². The van der Waals surface area contributed by atoms with Gasteiger partial charge in [-0.15, -0.1) is 5.69 Å². The predicted octanol–water partition coefficient (Wildman–Crippen LogP) is 3.55. The van der Waals surface area contributed by atoms with E-state index in [-0.39, 0.29) is 4.90 Å². The lowest BCUT2D eigenvalue weighted by Crippen LogP contribution is -1.97. The van der Waals surface area contributed by atoms with Gasteiger partial charge in [-0.3, -0.25) is 4.98 Å². The van der Waals surface area contributed by atoms with Gasteiger partial charge in [-0.25, -0.2) is 8.42 Å². The number of sulfonamides is 1. The van der Waals surface area contributed by atoms with Crippen LogP contribution in [0.4, 0.5) is 5.69 Å². The zero-order valence-electron chi connectivity index (χ0n) is 9.54. The molecule has 1 aromatic carbocycles. The smallest absolute Gasteiger partial charge is 0.123 e. The Balaban J connectivity index is 2.30. The highest BCUT2D eigenvalue weighted by Gasteiger charge is 2.04. The summed E-state index contributed by atoms with van der Waals surface area (Å²) in [5.41, 5.74) is 1.29. The van der Waals surface area contributed by atoms with Crippen molar-refractivity contribution in [3.63, 3.8) is 0 Å². The Bertz CT molecular complexity index is 654. The third-order valence-corrected chi connectivity index (χ3v) is 3.99. The summed E-state index contributed by atoms with van der Waals surface area (Å²) in [6.07, 6.45) is 2.97. The van der Waals surface area contributed by atoms with Gasteiger partial charge >= 0.3 is 0 Å². The topological polar surface area (TPSA) is 61.1 Å². The van der Waals surface area contributed by atoms with Gasteiger partial charge in [-0.05, 0) is 35.0 Å². The van der Waals surface area contributed by atoms with Crippen LogP contribution in [-0.2, 0) is 10.0 Å². The fraction of sp³-hybridized carbons (Fsp3) is 0.0833. The van der Waals surface area contributed by atoms with E-state index in [9.17, 15) is 8.42 Å².